The van der Waals surface area contributed by atoms with Crippen LogP contribution >= 0.6 is 0 Å². The fraction of sp³-hybridized carbons (Fsp3) is 0.300. The van der Waals surface area contributed by atoms with Gasteiger partial charge in [0.2, 0.25) is 0 Å². The van der Waals surface area contributed by atoms with Crippen LogP contribution in [0, 0.1) is 11.2 Å². The van der Waals surface area contributed by atoms with Crippen LogP contribution in [0.5, 0.6) is 5.75 Å². The largest absolute Gasteiger partial charge is 0.508 e. The first-order valence-electron chi connectivity index (χ1n) is 8.57. The van der Waals surface area contributed by atoms with Gasteiger partial charge in [-0.05, 0) is 30.5 Å². The maximum absolute atomic E-state index is 14.1. The third-order valence-corrected chi connectivity index (χ3v) is 5.04. The molecule has 0 saturated carbocycles. The molecule has 1 aliphatic heterocycles. The summed E-state index contributed by atoms with van der Waals surface area (Å²) in [5.41, 5.74) is -1.10. The minimum atomic E-state index is -1.58. The van der Waals surface area contributed by atoms with Crippen molar-refractivity contribution in [3.63, 3.8) is 0 Å². The second kappa shape index (κ2) is 7.36. The Balaban J connectivity index is 1.91. The molecule has 3 rings (SSSR count). The van der Waals surface area contributed by atoms with Crippen molar-refractivity contribution in [1.82, 2.24) is 4.90 Å². The highest BCUT2D eigenvalue weighted by atomic mass is 19.1. The van der Waals surface area contributed by atoms with Crippen LogP contribution in [0.1, 0.15) is 22.3 Å². The highest BCUT2D eigenvalue weighted by molar-refractivity contribution is 5.95. The number of aliphatic hydroxyl groups excluding tert-OH is 1. The zero-order valence-corrected chi connectivity index (χ0v) is 14.5. The van der Waals surface area contributed by atoms with Crippen molar-refractivity contribution < 1.29 is 29.3 Å². The number of phenolic OH excluding ortho intramolecular Hbond substituents is 1. The summed E-state index contributed by atoms with van der Waals surface area (Å²) < 4.78 is 14.1. The molecular formula is C20H20FNO5. The molecule has 0 aromatic heterocycles. The van der Waals surface area contributed by atoms with Gasteiger partial charge >= 0.3 is 5.97 Å². The number of phenols is 1. The first-order chi connectivity index (χ1) is 12.8. The van der Waals surface area contributed by atoms with Gasteiger partial charge in [0, 0.05) is 19.2 Å². The highest BCUT2D eigenvalue weighted by Gasteiger charge is 2.50. The molecule has 1 aliphatic rings. The Labute approximate surface area is 155 Å². The molecule has 0 spiro atoms. The fourth-order valence-corrected chi connectivity index (χ4v) is 3.52. The average molecular weight is 373 g/mol. The topological polar surface area (TPSA) is 98.1 Å². The van der Waals surface area contributed by atoms with Crippen molar-refractivity contribution in [3.8, 4) is 5.75 Å². The molecule has 142 valence electrons. The molecule has 0 aliphatic carbocycles. The van der Waals surface area contributed by atoms with Crippen LogP contribution in [-0.2, 0) is 11.2 Å². The SMILES string of the molecule is O=C(c1ccc(O)cc1F)N1CC[C@H](O)[C@](Cc2ccccc2)(C(=O)O)C1. The van der Waals surface area contributed by atoms with Gasteiger partial charge in [-0.1, -0.05) is 30.3 Å². The van der Waals surface area contributed by atoms with Crippen LogP contribution in [0.4, 0.5) is 4.39 Å². The average Bonchev–Trinajstić information content (AvgIpc) is 2.64. The van der Waals surface area contributed by atoms with Crippen LogP contribution < -0.4 is 0 Å². The Bertz CT molecular complexity index is 857. The summed E-state index contributed by atoms with van der Waals surface area (Å²) in [6.07, 6.45) is -1.01. The number of aliphatic carboxylic acids is 1. The van der Waals surface area contributed by atoms with Crippen molar-refractivity contribution >= 4 is 11.9 Å². The van der Waals surface area contributed by atoms with Gasteiger partial charge < -0.3 is 20.2 Å². The van der Waals surface area contributed by atoms with Gasteiger partial charge in [-0.15, -0.1) is 0 Å². The molecule has 7 heteroatoms. The standard InChI is InChI=1S/C20H20FNO5/c21-16-10-14(23)6-7-15(16)18(25)22-9-8-17(24)20(12-22,19(26)27)11-13-4-2-1-3-5-13/h1-7,10,17,23-24H,8-9,11-12H2,(H,26,27)/t17-,20+/m0/s1. The second-order valence-corrected chi connectivity index (χ2v) is 6.82. The van der Waals surface area contributed by atoms with E-state index < -0.39 is 29.2 Å². The van der Waals surface area contributed by atoms with E-state index in [1.54, 1.807) is 30.3 Å². The second-order valence-electron chi connectivity index (χ2n) is 6.82. The van der Waals surface area contributed by atoms with Crippen molar-refractivity contribution in [3.05, 3.63) is 65.5 Å². The van der Waals surface area contributed by atoms with Gasteiger partial charge in [0.1, 0.15) is 17.0 Å². The van der Waals surface area contributed by atoms with Crippen molar-refractivity contribution in [2.45, 2.75) is 18.9 Å². The molecule has 6 nitrogen and oxygen atoms in total. The number of nitrogens with zero attached hydrogens (tertiary/aromatic N) is 1. The molecule has 1 amide bonds. The van der Waals surface area contributed by atoms with Gasteiger partial charge in [-0.25, -0.2) is 4.39 Å². The molecule has 1 heterocycles. The molecule has 0 bridgehead atoms. The van der Waals surface area contributed by atoms with E-state index in [-0.39, 0.29) is 37.2 Å². The Morgan fingerprint density at radius 2 is 1.89 bits per heavy atom. The fourth-order valence-electron chi connectivity index (χ4n) is 3.52. The van der Waals surface area contributed by atoms with Crippen molar-refractivity contribution in [1.29, 1.82) is 0 Å². The Morgan fingerprint density at radius 3 is 2.52 bits per heavy atom. The summed E-state index contributed by atoms with van der Waals surface area (Å²) in [6.45, 7) is -0.123. The van der Waals surface area contributed by atoms with Gasteiger partial charge in [0.15, 0.2) is 0 Å². The first kappa shape index (κ1) is 18.8. The third-order valence-electron chi connectivity index (χ3n) is 5.04. The van der Waals surface area contributed by atoms with Crippen LogP contribution in [0.2, 0.25) is 0 Å². The number of halogens is 1. The molecule has 2 atom stereocenters. The highest BCUT2D eigenvalue weighted by Crippen LogP contribution is 2.35. The number of likely N-dealkylation sites (tertiary alicyclic amines) is 1. The summed E-state index contributed by atoms with van der Waals surface area (Å²) in [5.74, 6) is -3.06. The Hall–Kier alpha value is -2.93. The Kier molecular flexibility index (Phi) is 5.14. The number of rotatable bonds is 4. The molecule has 1 saturated heterocycles. The molecule has 1 fully saturated rings. The van der Waals surface area contributed by atoms with E-state index in [0.717, 1.165) is 17.7 Å². The smallest absolute Gasteiger partial charge is 0.314 e. The van der Waals surface area contributed by atoms with E-state index in [2.05, 4.69) is 0 Å². The van der Waals surface area contributed by atoms with Gasteiger partial charge in [0.05, 0.1) is 11.7 Å². The lowest BCUT2D eigenvalue weighted by Gasteiger charge is -2.43. The zero-order chi connectivity index (χ0) is 19.6. The number of hydrogen-bond donors (Lipinski definition) is 3. The van der Waals surface area contributed by atoms with Crippen LogP contribution in [-0.4, -0.2) is 51.3 Å². The first-order valence-corrected chi connectivity index (χ1v) is 8.57. The van der Waals surface area contributed by atoms with Gasteiger partial charge in [-0.2, -0.15) is 0 Å². The number of aliphatic hydroxyl groups is 1. The minimum absolute atomic E-state index is 0.0478. The summed E-state index contributed by atoms with van der Waals surface area (Å²) >= 11 is 0. The van der Waals surface area contributed by atoms with E-state index in [0.29, 0.717) is 0 Å². The van der Waals surface area contributed by atoms with Gasteiger partial charge in [0.25, 0.3) is 5.91 Å². The van der Waals surface area contributed by atoms with Crippen molar-refractivity contribution in [2.75, 3.05) is 13.1 Å². The molecular weight excluding hydrogens is 353 g/mol. The van der Waals surface area contributed by atoms with E-state index in [4.69, 9.17) is 0 Å². The van der Waals surface area contributed by atoms with Gasteiger partial charge in [-0.3, -0.25) is 9.59 Å². The monoisotopic (exact) mass is 373 g/mol. The van der Waals surface area contributed by atoms with Crippen LogP contribution in [0.15, 0.2) is 48.5 Å². The minimum Gasteiger partial charge on any atom is -0.508 e. The predicted octanol–water partition coefficient (Wildman–Crippen LogP) is 2.05. The summed E-state index contributed by atoms with van der Waals surface area (Å²) in [7, 11) is 0. The zero-order valence-electron chi connectivity index (χ0n) is 14.5. The molecule has 2 aromatic rings. The number of benzene rings is 2. The maximum atomic E-state index is 14.1. The number of amides is 1. The predicted molar refractivity (Wildman–Crippen MR) is 94.8 cm³/mol. The van der Waals surface area contributed by atoms with Crippen LogP contribution in [0.3, 0.4) is 0 Å². The lowest BCUT2D eigenvalue weighted by atomic mass is 9.72. The number of carbonyl (C=O) groups excluding carboxylic acids is 1. The molecule has 27 heavy (non-hydrogen) atoms. The molecule has 2 aromatic carbocycles. The molecule has 3 N–H and O–H groups in total. The summed E-state index contributed by atoms with van der Waals surface area (Å²) in [4.78, 5) is 26.1. The number of carbonyl (C=O) groups is 2. The lowest BCUT2D eigenvalue weighted by molar-refractivity contribution is -0.161. The van der Waals surface area contributed by atoms with Crippen LogP contribution in [0.25, 0.3) is 0 Å². The summed E-state index contributed by atoms with van der Waals surface area (Å²) in [5, 5.41) is 29.7. The number of hydrogen-bond acceptors (Lipinski definition) is 4. The number of aromatic hydroxyl groups is 1. The van der Waals surface area contributed by atoms with E-state index >= 15 is 0 Å². The number of carboxylic acids is 1. The normalized spacial score (nSPS) is 22.4. The number of carboxylic acid groups (broad SMARTS) is 1. The number of piperidine rings is 1. The quantitative estimate of drug-likeness (QED) is 0.762. The maximum Gasteiger partial charge on any atom is 0.314 e. The molecule has 0 unspecified atom stereocenters. The third kappa shape index (κ3) is 3.64. The van der Waals surface area contributed by atoms with Crippen molar-refractivity contribution in [2.24, 2.45) is 5.41 Å². The molecule has 0 radical (unpaired) electrons. The Morgan fingerprint density at radius 1 is 1.19 bits per heavy atom. The van der Waals surface area contributed by atoms with E-state index in [1.165, 1.54) is 11.0 Å². The lowest BCUT2D eigenvalue weighted by Crippen LogP contribution is -2.58. The van der Waals surface area contributed by atoms with E-state index in [1.807, 2.05) is 0 Å². The van der Waals surface area contributed by atoms with E-state index in [9.17, 15) is 29.3 Å². The summed E-state index contributed by atoms with van der Waals surface area (Å²) in [6, 6.07) is 12.1.